The summed E-state index contributed by atoms with van der Waals surface area (Å²) in [5.41, 5.74) is 0. The topological polar surface area (TPSA) is 63.2 Å². The molecule has 0 aromatic rings. The first kappa shape index (κ1) is 9.14. The monoisotopic (exact) mass is 292 g/mol. The molecule has 0 aliphatic carbocycles. The quantitative estimate of drug-likeness (QED) is 0.498. The van der Waals surface area contributed by atoms with Crippen molar-refractivity contribution in [3.05, 3.63) is 0 Å². The van der Waals surface area contributed by atoms with E-state index in [9.17, 15) is 0 Å². The Morgan fingerprint density at radius 2 is 1.40 bits per heavy atom. The largest absolute Gasteiger partial charge is 2.00 e. The van der Waals surface area contributed by atoms with E-state index in [1.807, 2.05) is 0 Å². The summed E-state index contributed by atoms with van der Waals surface area (Å²) in [6.45, 7) is 0. The molecule has 0 radical (unpaired) electrons. The molecule has 0 aromatic heterocycles. The van der Waals surface area contributed by atoms with E-state index in [1.165, 1.54) is 0 Å². The molecule has 0 saturated heterocycles. The minimum atomic E-state index is -2.33. The fourth-order valence-corrected chi connectivity index (χ4v) is 0. The molecular formula is CO3Th. The molecule has 0 aliphatic heterocycles. The first-order valence-electron chi connectivity index (χ1n) is 0.612. The van der Waals surface area contributed by atoms with Gasteiger partial charge in [0.05, 0.1) is 0 Å². The number of hydrogen-bond donors (Lipinski definition) is 0. The van der Waals surface area contributed by atoms with Crippen LogP contribution in [0.3, 0.4) is 0 Å². The Morgan fingerprint density at radius 3 is 1.40 bits per heavy atom. The van der Waals surface area contributed by atoms with E-state index in [1.54, 1.807) is 0 Å². The fraction of sp³-hybridized carbons (Fsp3) is 0. The second-order valence-corrected chi connectivity index (χ2v) is 0.250. The third-order valence-electron chi connectivity index (χ3n) is 0. The molecule has 0 N–H and O–H groups in total. The van der Waals surface area contributed by atoms with Crippen LogP contribution in [-0.2, 0) is 0 Å². The van der Waals surface area contributed by atoms with Gasteiger partial charge >= 0.3 is 39.9 Å². The van der Waals surface area contributed by atoms with Crippen LogP contribution in [0.25, 0.3) is 0 Å². The fourth-order valence-electron chi connectivity index (χ4n) is 0. The van der Waals surface area contributed by atoms with Crippen LogP contribution in [0, 0.1) is 39.9 Å². The summed E-state index contributed by atoms with van der Waals surface area (Å²) in [5, 5.41) is 16.7. The van der Waals surface area contributed by atoms with Crippen molar-refractivity contribution >= 4 is 6.16 Å². The maximum atomic E-state index is 8.33. The molecule has 0 fully saturated rings. The van der Waals surface area contributed by atoms with E-state index in [0.29, 0.717) is 0 Å². The van der Waals surface area contributed by atoms with Crippen molar-refractivity contribution < 1.29 is 54.9 Å². The Morgan fingerprint density at radius 1 is 1.40 bits per heavy atom. The molecule has 0 bridgehead atoms. The Balaban J connectivity index is 0. The zero-order valence-electron chi connectivity index (χ0n) is 2.22. The van der Waals surface area contributed by atoms with Gasteiger partial charge in [0.1, 0.15) is 0 Å². The smallest absolute Gasteiger partial charge is 0.652 e. The van der Waals surface area contributed by atoms with Gasteiger partial charge in [0, 0.05) is 0 Å². The Bertz CT molecular complexity index is 29.9. The van der Waals surface area contributed by atoms with E-state index in [0.717, 1.165) is 0 Å². The molecule has 0 aromatic carbocycles. The van der Waals surface area contributed by atoms with Crippen molar-refractivity contribution in [1.82, 2.24) is 0 Å². The molecule has 0 unspecified atom stereocenters. The van der Waals surface area contributed by atoms with Crippen molar-refractivity contribution in [1.29, 1.82) is 0 Å². The molecular weight excluding hydrogens is 292 g/mol. The van der Waals surface area contributed by atoms with E-state index >= 15 is 0 Å². The number of rotatable bonds is 0. The number of carbonyl (C=O) groups is 1. The zero-order chi connectivity index (χ0) is 3.58. The molecule has 5 heavy (non-hydrogen) atoms. The van der Waals surface area contributed by atoms with Gasteiger partial charge in [-0.2, -0.15) is 0 Å². The third kappa shape index (κ3) is 87.5. The zero-order valence-corrected chi connectivity index (χ0v) is 6.33. The van der Waals surface area contributed by atoms with Crippen LogP contribution in [0.5, 0.6) is 0 Å². The maximum Gasteiger partial charge on any atom is 2.00 e. The predicted molar refractivity (Wildman–Crippen MR) is 5.40 cm³/mol. The molecule has 0 amide bonds. The Kier molecular flexibility index (Phi) is 8.40. The molecule has 0 atom stereocenters. The molecule has 26 valence electrons. The van der Waals surface area contributed by atoms with E-state index in [2.05, 4.69) is 0 Å². The number of carboxylic acid groups (broad SMARTS) is 2. The van der Waals surface area contributed by atoms with Gasteiger partial charge in [-0.05, 0) is 6.16 Å². The first-order chi connectivity index (χ1) is 1.73. The number of carbonyl (C=O) groups excluding carboxylic acids is 1. The van der Waals surface area contributed by atoms with Crippen LogP contribution in [-0.4, -0.2) is 6.16 Å². The molecule has 0 saturated carbocycles. The predicted octanol–water partition coefficient (Wildman–Crippen LogP) is -2.45. The molecule has 0 heterocycles. The molecule has 0 rings (SSSR count). The standard InChI is InChI=1S/CH2O3.Th/c2-1(3)4;/h(H2,2,3,4);/q;+2/p-2. The van der Waals surface area contributed by atoms with Gasteiger partial charge in [0.15, 0.2) is 0 Å². The second-order valence-electron chi connectivity index (χ2n) is 0.250. The van der Waals surface area contributed by atoms with E-state index in [4.69, 9.17) is 15.0 Å². The van der Waals surface area contributed by atoms with Gasteiger partial charge in [0.25, 0.3) is 0 Å². The third-order valence-corrected chi connectivity index (χ3v) is 0. The Labute approximate surface area is 60.7 Å². The van der Waals surface area contributed by atoms with Crippen LogP contribution in [0.4, 0.5) is 4.79 Å². The SMILES string of the molecule is O=C([O-])[O-].[Th+2]. The van der Waals surface area contributed by atoms with Crippen molar-refractivity contribution in [2.75, 3.05) is 0 Å². The molecule has 0 aliphatic rings. The van der Waals surface area contributed by atoms with Crippen LogP contribution in [0.15, 0.2) is 0 Å². The van der Waals surface area contributed by atoms with Crippen LogP contribution in [0.2, 0.25) is 0 Å². The van der Waals surface area contributed by atoms with Gasteiger partial charge in [-0.3, -0.25) is 0 Å². The summed E-state index contributed by atoms with van der Waals surface area (Å²) in [7, 11) is 0. The second kappa shape index (κ2) is 4.59. The van der Waals surface area contributed by atoms with Crippen molar-refractivity contribution in [3.8, 4) is 0 Å². The van der Waals surface area contributed by atoms with Gasteiger partial charge in [0.2, 0.25) is 0 Å². The summed E-state index contributed by atoms with van der Waals surface area (Å²) in [5.74, 6) is 0. The van der Waals surface area contributed by atoms with Crippen LogP contribution in [0.1, 0.15) is 0 Å². The van der Waals surface area contributed by atoms with Gasteiger partial charge in [-0.25, -0.2) is 0 Å². The van der Waals surface area contributed by atoms with Crippen molar-refractivity contribution in [2.45, 2.75) is 0 Å². The van der Waals surface area contributed by atoms with Crippen molar-refractivity contribution in [3.63, 3.8) is 0 Å². The maximum absolute atomic E-state index is 8.33. The van der Waals surface area contributed by atoms with Crippen LogP contribution >= 0.6 is 0 Å². The molecule has 0 spiro atoms. The normalized spacial score (nSPS) is 4.80. The number of hydrogen-bond acceptors (Lipinski definition) is 3. The van der Waals surface area contributed by atoms with Crippen molar-refractivity contribution in [2.24, 2.45) is 0 Å². The minimum absolute atomic E-state index is 0. The minimum Gasteiger partial charge on any atom is -0.652 e. The average molecular weight is 292 g/mol. The molecule has 3 nitrogen and oxygen atoms in total. The summed E-state index contributed by atoms with van der Waals surface area (Å²) >= 11 is 0. The van der Waals surface area contributed by atoms with E-state index in [-0.39, 0.29) is 39.9 Å². The van der Waals surface area contributed by atoms with Gasteiger partial charge < -0.3 is 15.0 Å². The van der Waals surface area contributed by atoms with E-state index < -0.39 is 6.16 Å². The summed E-state index contributed by atoms with van der Waals surface area (Å²) < 4.78 is 0. The summed E-state index contributed by atoms with van der Waals surface area (Å²) in [6, 6.07) is 0. The summed E-state index contributed by atoms with van der Waals surface area (Å²) in [4.78, 5) is 8.33. The molecule has 4 heteroatoms. The average Bonchev–Trinajstić information content (AvgIpc) is 0.811. The van der Waals surface area contributed by atoms with Gasteiger partial charge in [-0.15, -0.1) is 0 Å². The van der Waals surface area contributed by atoms with Gasteiger partial charge in [-0.1, -0.05) is 0 Å². The Hall–Kier alpha value is 0.595. The van der Waals surface area contributed by atoms with Crippen LogP contribution < -0.4 is 10.2 Å². The summed E-state index contributed by atoms with van der Waals surface area (Å²) in [6.07, 6.45) is -2.33. The first-order valence-corrected chi connectivity index (χ1v) is 0.612.